The molecule has 2 atom stereocenters. The second-order valence-electron chi connectivity index (χ2n) is 6.74. The molecule has 138 valence electrons. The monoisotopic (exact) mass is 394 g/mol. The lowest BCUT2D eigenvalue weighted by molar-refractivity contribution is -0.121. The van der Waals surface area contributed by atoms with Crippen molar-refractivity contribution < 1.29 is 9.18 Å². The maximum Gasteiger partial charge on any atom is 0.224 e. The van der Waals surface area contributed by atoms with Gasteiger partial charge in [0.2, 0.25) is 5.91 Å². The van der Waals surface area contributed by atoms with Crippen LogP contribution in [-0.4, -0.2) is 18.0 Å². The second-order valence-corrected chi connectivity index (χ2v) is 7.61. The van der Waals surface area contributed by atoms with Crippen molar-refractivity contribution in [3.8, 4) is 0 Å². The smallest absolute Gasteiger partial charge is 0.224 e. The van der Waals surface area contributed by atoms with Gasteiger partial charge in [0.25, 0.3) is 0 Å². The normalized spacial score (nSPS) is 19.5. The molecule has 0 aliphatic heterocycles. The third kappa shape index (κ3) is 5.70. The first kappa shape index (κ1) is 19.2. The SMILES string of the molecule is O=C(Cc1cc(F)cc(Cl)c1)N[C@@H]1CC[C@@H](NCc2cccc(Cl)c2)C1. The molecule has 2 aromatic rings. The van der Waals surface area contributed by atoms with Crippen LogP contribution in [0.1, 0.15) is 30.4 Å². The molecule has 3 nitrogen and oxygen atoms in total. The highest BCUT2D eigenvalue weighted by molar-refractivity contribution is 6.30. The topological polar surface area (TPSA) is 41.1 Å². The van der Waals surface area contributed by atoms with Crippen LogP contribution in [0.5, 0.6) is 0 Å². The minimum Gasteiger partial charge on any atom is -0.353 e. The van der Waals surface area contributed by atoms with Gasteiger partial charge in [0.05, 0.1) is 6.42 Å². The van der Waals surface area contributed by atoms with Crippen molar-refractivity contribution in [2.75, 3.05) is 0 Å². The molecule has 1 fully saturated rings. The molecule has 1 amide bonds. The van der Waals surface area contributed by atoms with Crippen molar-refractivity contribution in [2.45, 2.75) is 44.3 Å². The van der Waals surface area contributed by atoms with Crippen molar-refractivity contribution in [3.05, 3.63) is 69.5 Å². The fourth-order valence-corrected chi connectivity index (χ4v) is 3.84. The van der Waals surface area contributed by atoms with E-state index in [1.54, 1.807) is 6.07 Å². The zero-order valence-corrected chi connectivity index (χ0v) is 15.8. The summed E-state index contributed by atoms with van der Waals surface area (Å²) in [7, 11) is 0. The van der Waals surface area contributed by atoms with Crippen LogP contribution in [0, 0.1) is 5.82 Å². The molecule has 2 N–H and O–H groups in total. The maximum atomic E-state index is 13.4. The van der Waals surface area contributed by atoms with Crippen LogP contribution < -0.4 is 10.6 Å². The molecule has 0 radical (unpaired) electrons. The maximum absolute atomic E-state index is 13.4. The number of hydrogen-bond donors (Lipinski definition) is 2. The first-order chi connectivity index (χ1) is 12.5. The molecule has 0 saturated heterocycles. The lowest BCUT2D eigenvalue weighted by atomic mass is 10.1. The largest absolute Gasteiger partial charge is 0.353 e. The van der Waals surface area contributed by atoms with Gasteiger partial charge in [-0.3, -0.25) is 4.79 Å². The molecular formula is C20H21Cl2FN2O. The van der Waals surface area contributed by atoms with E-state index in [1.807, 2.05) is 24.3 Å². The van der Waals surface area contributed by atoms with E-state index in [9.17, 15) is 9.18 Å². The Balaban J connectivity index is 1.44. The van der Waals surface area contributed by atoms with E-state index >= 15 is 0 Å². The van der Waals surface area contributed by atoms with Crippen LogP contribution in [0.25, 0.3) is 0 Å². The van der Waals surface area contributed by atoms with Crippen LogP contribution in [-0.2, 0) is 17.8 Å². The van der Waals surface area contributed by atoms with E-state index in [0.29, 0.717) is 16.6 Å². The number of benzene rings is 2. The number of carbonyl (C=O) groups is 1. The van der Waals surface area contributed by atoms with Gasteiger partial charge in [-0.2, -0.15) is 0 Å². The number of hydrogen-bond acceptors (Lipinski definition) is 2. The molecule has 1 aliphatic rings. The second kappa shape index (κ2) is 8.85. The van der Waals surface area contributed by atoms with E-state index in [-0.39, 0.29) is 18.4 Å². The Kier molecular flexibility index (Phi) is 6.52. The highest BCUT2D eigenvalue weighted by Crippen LogP contribution is 2.21. The van der Waals surface area contributed by atoms with Gasteiger partial charge in [0, 0.05) is 28.7 Å². The Morgan fingerprint density at radius 1 is 1.04 bits per heavy atom. The fraction of sp³-hybridized carbons (Fsp3) is 0.350. The summed E-state index contributed by atoms with van der Waals surface area (Å²) in [6, 6.07) is 12.5. The Bertz CT molecular complexity index is 764. The van der Waals surface area contributed by atoms with E-state index < -0.39 is 5.82 Å². The first-order valence-corrected chi connectivity index (χ1v) is 9.45. The molecule has 0 bridgehead atoms. The van der Waals surface area contributed by atoms with Crippen molar-refractivity contribution in [1.82, 2.24) is 10.6 Å². The third-order valence-electron chi connectivity index (χ3n) is 4.57. The van der Waals surface area contributed by atoms with E-state index in [0.717, 1.165) is 36.4 Å². The van der Waals surface area contributed by atoms with E-state index in [4.69, 9.17) is 23.2 Å². The predicted molar refractivity (Wildman–Crippen MR) is 103 cm³/mol. The third-order valence-corrected chi connectivity index (χ3v) is 5.02. The van der Waals surface area contributed by atoms with Crippen molar-refractivity contribution in [2.24, 2.45) is 0 Å². The molecule has 0 spiro atoms. The summed E-state index contributed by atoms with van der Waals surface area (Å²) in [4.78, 5) is 12.2. The van der Waals surface area contributed by atoms with Crippen molar-refractivity contribution in [1.29, 1.82) is 0 Å². The number of halogens is 3. The Morgan fingerprint density at radius 3 is 2.58 bits per heavy atom. The van der Waals surface area contributed by atoms with Gasteiger partial charge in [-0.15, -0.1) is 0 Å². The van der Waals surface area contributed by atoms with Gasteiger partial charge >= 0.3 is 0 Å². The molecule has 1 aliphatic carbocycles. The predicted octanol–water partition coefficient (Wildman–Crippen LogP) is 4.50. The van der Waals surface area contributed by atoms with Crippen molar-refractivity contribution >= 4 is 29.1 Å². The number of amides is 1. The summed E-state index contributed by atoms with van der Waals surface area (Å²) in [6.07, 6.45) is 2.96. The molecule has 6 heteroatoms. The first-order valence-electron chi connectivity index (χ1n) is 8.70. The highest BCUT2D eigenvalue weighted by atomic mass is 35.5. The molecule has 1 saturated carbocycles. The molecule has 0 heterocycles. The Hall–Kier alpha value is -1.62. The molecule has 26 heavy (non-hydrogen) atoms. The fourth-order valence-electron chi connectivity index (χ4n) is 3.38. The van der Waals surface area contributed by atoms with Crippen LogP contribution >= 0.6 is 23.2 Å². The molecule has 0 unspecified atom stereocenters. The minimum atomic E-state index is -0.425. The lowest BCUT2D eigenvalue weighted by Gasteiger charge is -2.15. The quantitative estimate of drug-likeness (QED) is 0.756. The van der Waals surface area contributed by atoms with Crippen LogP contribution in [0.4, 0.5) is 4.39 Å². The Labute approximate surface area is 162 Å². The Morgan fingerprint density at radius 2 is 1.81 bits per heavy atom. The average Bonchev–Trinajstić information content (AvgIpc) is 2.99. The average molecular weight is 395 g/mol. The van der Waals surface area contributed by atoms with Gasteiger partial charge in [0.1, 0.15) is 5.82 Å². The van der Waals surface area contributed by atoms with Crippen LogP contribution in [0.2, 0.25) is 10.0 Å². The minimum absolute atomic E-state index is 0.104. The standard InChI is InChI=1S/C20H21Cl2FN2O/c21-15-3-1-2-13(6-15)12-24-18-4-5-19(11-18)25-20(26)9-14-7-16(22)10-17(23)8-14/h1-3,6-8,10,18-19,24H,4-5,9,11-12H2,(H,25,26)/t18-,19-/m1/s1. The highest BCUT2D eigenvalue weighted by Gasteiger charge is 2.25. The molecule has 3 rings (SSSR count). The van der Waals surface area contributed by atoms with Gasteiger partial charge in [-0.25, -0.2) is 4.39 Å². The van der Waals surface area contributed by atoms with Gasteiger partial charge in [0.15, 0.2) is 0 Å². The summed E-state index contributed by atoms with van der Waals surface area (Å²) in [6.45, 7) is 0.758. The van der Waals surface area contributed by atoms with E-state index in [1.165, 1.54) is 12.1 Å². The lowest BCUT2D eigenvalue weighted by Crippen LogP contribution is -2.36. The van der Waals surface area contributed by atoms with E-state index in [2.05, 4.69) is 10.6 Å². The summed E-state index contributed by atoms with van der Waals surface area (Å²) in [5.74, 6) is -0.529. The summed E-state index contributed by atoms with van der Waals surface area (Å²) < 4.78 is 13.4. The number of carbonyl (C=O) groups excluding carboxylic acids is 1. The van der Waals surface area contributed by atoms with Gasteiger partial charge in [-0.05, 0) is 60.7 Å². The van der Waals surface area contributed by atoms with Crippen LogP contribution in [0.15, 0.2) is 42.5 Å². The molecule has 2 aromatic carbocycles. The summed E-state index contributed by atoms with van der Waals surface area (Å²) >= 11 is 11.8. The number of rotatable bonds is 6. The molecule has 0 aromatic heterocycles. The van der Waals surface area contributed by atoms with Crippen LogP contribution in [0.3, 0.4) is 0 Å². The van der Waals surface area contributed by atoms with Crippen molar-refractivity contribution in [3.63, 3.8) is 0 Å². The van der Waals surface area contributed by atoms with Gasteiger partial charge in [-0.1, -0.05) is 35.3 Å². The number of nitrogens with one attached hydrogen (secondary N) is 2. The summed E-state index contributed by atoms with van der Waals surface area (Å²) in [5.41, 5.74) is 1.73. The zero-order chi connectivity index (χ0) is 18.5. The van der Waals surface area contributed by atoms with Gasteiger partial charge < -0.3 is 10.6 Å². The summed E-state index contributed by atoms with van der Waals surface area (Å²) in [5, 5.41) is 7.59. The zero-order valence-electron chi connectivity index (χ0n) is 14.3. The molecular weight excluding hydrogens is 374 g/mol.